The van der Waals surface area contributed by atoms with Crippen molar-refractivity contribution in [3.05, 3.63) is 47.5 Å². The summed E-state index contributed by atoms with van der Waals surface area (Å²) >= 11 is 1.40. The Balaban J connectivity index is 1.86. The van der Waals surface area contributed by atoms with E-state index in [-0.39, 0.29) is 11.1 Å². The first kappa shape index (κ1) is 14.4. The molecule has 2 aliphatic rings. The molecule has 0 amide bonds. The molecule has 2 atom stereocenters. The van der Waals surface area contributed by atoms with E-state index in [1.54, 1.807) is 6.08 Å². The summed E-state index contributed by atoms with van der Waals surface area (Å²) in [5, 5.41) is 0.425. The quantitative estimate of drug-likeness (QED) is 0.801. The van der Waals surface area contributed by atoms with E-state index in [2.05, 4.69) is 4.90 Å². The first-order valence-electron chi connectivity index (χ1n) is 6.97. The molecular formula is C16H17NO3S. The van der Waals surface area contributed by atoms with Gasteiger partial charge in [0.1, 0.15) is 6.04 Å². The molecule has 5 heteroatoms. The zero-order valence-electron chi connectivity index (χ0n) is 11.8. The van der Waals surface area contributed by atoms with Crippen molar-refractivity contribution in [1.82, 2.24) is 4.90 Å². The van der Waals surface area contributed by atoms with Crippen LogP contribution in [0.25, 0.3) is 0 Å². The van der Waals surface area contributed by atoms with Crippen molar-refractivity contribution < 1.29 is 14.3 Å². The van der Waals surface area contributed by atoms with Gasteiger partial charge in [0, 0.05) is 18.3 Å². The first-order valence-corrected chi connectivity index (χ1v) is 7.85. The zero-order chi connectivity index (χ0) is 14.8. The third kappa shape index (κ3) is 2.89. The van der Waals surface area contributed by atoms with Crippen molar-refractivity contribution in [2.45, 2.75) is 17.7 Å². The number of fused-ring (bicyclic) bond motifs is 1. The number of ether oxygens (including phenoxy) is 1. The molecule has 1 aromatic rings. The summed E-state index contributed by atoms with van der Waals surface area (Å²) in [6.07, 6.45) is 2.61. The summed E-state index contributed by atoms with van der Waals surface area (Å²) in [6.45, 7) is 1.44. The Labute approximate surface area is 128 Å². The molecule has 0 N–H and O–H groups in total. The average molecular weight is 303 g/mol. The van der Waals surface area contributed by atoms with Crippen LogP contribution in [0.3, 0.4) is 0 Å². The summed E-state index contributed by atoms with van der Waals surface area (Å²) < 4.78 is 4.98. The normalized spacial score (nSPS) is 23.4. The second-order valence-corrected chi connectivity index (χ2v) is 6.45. The number of esters is 1. The Bertz CT molecular complexity index is 584. The van der Waals surface area contributed by atoms with E-state index in [0.29, 0.717) is 11.8 Å². The van der Waals surface area contributed by atoms with E-state index in [1.165, 1.54) is 18.9 Å². The fourth-order valence-electron chi connectivity index (χ4n) is 2.95. The summed E-state index contributed by atoms with van der Waals surface area (Å²) in [4.78, 5) is 25.8. The number of benzene rings is 1. The van der Waals surface area contributed by atoms with Crippen LogP contribution in [0, 0.1) is 0 Å². The van der Waals surface area contributed by atoms with Crippen molar-refractivity contribution in [1.29, 1.82) is 0 Å². The minimum atomic E-state index is -0.404. The number of nitrogens with zero attached hydrogens (tertiary/aromatic N) is 1. The Hall–Kier alpha value is -1.59. The highest BCUT2D eigenvalue weighted by atomic mass is 32.2. The predicted molar refractivity (Wildman–Crippen MR) is 81.9 cm³/mol. The molecule has 21 heavy (non-hydrogen) atoms. The van der Waals surface area contributed by atoms with Gasteiger partial charge in [-0.3, -0.25) is 9.69 Å². The van der Waals surface area contributed by atoms with Gasteiger partial charge in [-0.1, -0.05) is 42.1 Å². The highest BCUT2D eigenvalue weighted by molar-refractivity contribution is 8.15. The Kier molecular flexibility index (Phi) is 4.12. The van der Waals surface area contributed by atoms with Gasteiger partial charge in [-0.25, -0.2) is 4.79 Å². The minimum absolute atomic E-state index is 0.131. The number of thioether (sulfide) groups is 1. The van der Waals surface area contributed by atoms with Crippen LogP contribution in [0.15, 0.2) is 42.0 Å². The molecule has 1 fully saturated rings. The molecule has 1 saturated heterocycles. The second kappa shape index (κ2) is 6.03. The van der Waals surface area contributed by atoms with Crippen LogP contribution in [-0.4, -0.2) is 41.4 Å². The van der Waals surface area contributed by atoms with E-state index in [0.717, 1.165) is 24.1 Å². The molecule has 0 aliphatic carbocycles. The number of hydrogen-bond acceptors (Lipinski definition) is 5. The van der Waals surface area contributed by atoms with Gasteiger partial charge in [-0.05, 0) is 23.6 Å². The van der Waals surface area contributed by atoms with Crippen LogP contribution in [-0.2, 0) is 14.3 Å². The summed E-state index contributed by atoms with van der Waals surface area (Å²) in [5.41, 5.74) is 2.06. The van der Waals surface area contributed by atoms with E-state index < -0.39 is 6.04 Å². The van der Waals surface area contributed by atoms with Gasteiger partial charge in [0.25, 0.3) is 0 Å². The number of piperidine rings is 1. The van der Waals surface area contributed by atoms with Crippen LogP contribution >= 0.6 is 11.8 Å². The smallest absolute Gasteiger partial charge is 0.327 e. The maximum Gasteiger partial charge on any atom is 0.327 e. The fourth-order valence-corrected chi connectivity index (χ4v) is 3.96. The van der Waals surface area contributed by atoms with Crippen LogP contribution in [0.4, 0.5) is 0 Å². The Morgan fingerprint density at radius 1 is 1.38 bits per heavy atom. The lowest BCUT2D eigenvalue weighted by molar-refractivity contribution is -0.147. The summed E-state index contributed by atoms with van der Waals surface area (Å²) in [7, 11) is 1.42. The van der Waals surface area contributed by atoms with Gasteiger partial charge in [-0.2, -0.15) is 0 Å². The SMILES string of the molecule is COC(=O)[C@H](c1ccccc1)N1CCC2SC(=O)C=C2C1. The van der Waals surface area contributed by atoms with Gasteiger partial charge in [0.2, 0.25) is 5.12 Å². The number of methoxy groups -OCH3 is 1. The molecule has 1 aromatic carbocycles. The van der Waals surface area contributed by atoms with Gasteiger partial charge >= 0.3 is 5.97 Å². The van der Waals surface area contributed by atoms with Gasteiger partial charge in [0.05, 0.1) is 7.11 Å². The zero-order valence-corrected chi connectivity index (χ0v) is 12.6. The summed E-state index contributed by atoms with van der Waals surface area (Å²) in [6, 6.07) is 9.25. The van der Waals surface area contributed by atoms with E-state index >= 15 is 0 Å². The average Bonchev–Trinajstić information content (AvgIpc) is 2.88. The number of hydrogen-bond donors (Lipinski definition) is 0. The maximum absolute atomic E-state index is 12.2. The number of carbonyl (C=O) groups is 2. The van der Waals surface area contributed by atoms with Crippen molar-refractivity contribution >= 4 is 22.8 Å². The van der Waals surface area contributed by atoms with Crippen LogP contribution in [0.2, 0.25) is 0 Å². The van der Waals surface area contributed by atoms with E-state index in [4.69, 9.17) is 4.74 Å². The molecule has 2 aliphatic heterocycles. The number of rotatable bonds is 3. The lowest BCUT2D eigenvalue weighted by atomic mass is 9.98. The van der Waals surface area contributed by atoms with Gasteiger partial charge in [-0.15, -0.1) is 0 Å². The van der Waals surface area contributed by atoms with Crippen molar-refractivity contribution in [2.24, 2.45) is 0 Å². The molecule has 110 valence electrons. The van der Waals surface area contributed by atoms with E-state index in [1.807, 2.05) is 30.3 Å². The predicted octanol–water partition coefficient (Wildman–Crippen LogP) is 2.17. The molecule has 2 heterocycles. The number of likely N-dealkylation sites (tertiary alicyclic amines) is 1. The van der Waals surface area contributed by atoms with Gasteiger partial charge < -0.3 is 4.74 Å². The molecular weight excluding hydrogens is 286 g/mol. The van der Waals surface area contributed by atoms with Crippen molar-refractivity contribution in [2.75, 3.05) is 20.2 Å². The van der Waals surface area contributed by atoms with Crippen molar-refractivity contribution in [3.63, 3.8) is 0 Å². The first-order chi connectivity index (χ1) is 10.2. The molecule has 0 radical (unpaired) electrons. The lowest BCUT2D eigenvalue weighted by Crippen LogP contribution is -2.42. The number of carbonyl (C=O) groups excluding carboxylic acids is 2. The molecule has 0 aromatic heterocycles. The minimum Gasteiger partial charge on any atom is -0.468 e. The fraction of sp³-hybridized carbons (Fsp3) is 0.375. The second-order valence-electron chi connectivity index (χ2n) is 5.24. The standard InChI is InChI=1S/C16H17NO3S/c1-20-16(19)15(11-5-3-2-4-6-11)17-8-7-13-12(10-17)9-14(18)21-13/h2-6,9,13,15H,7-8,10H2,1H3/t13?,15-/m0/s1. The molecule has 4 nitrogen and oxygen atoms in total. The molecule has 0 saturated carbocycles. The van der Waals surface area contributed by atoms with Gasteiger partial charge in [0.15, 0.2) is 0 Å². The molecule has 1 unspecified atom stereocenters. The molecule has 0 spiro atoms. The van der Waals surface area contributed by atoms with Crippen LogP contribution < -0.4 is 0 Å². The highest BCUT2D eigenvalue weighted by Gasteiger charge is 2.36. The monoisotopic (exact) mass is 303 g/mol. The highest BCUT2D eigenvalue weighted by Crippen LogP contribution is 2.37. The van der Waals surface area contributed by atoms with Crippen molar-refractivity contribution in [3.8, 4) is 0 Å². The van der Waals surface area contributed by atoms with Crippen LogP contribution in [0.1, 0.15) is 18.0 Å². The Morgan fingerprint density at radius 2 is 2.14 bits per heavy atom. The van der Waals surface area contributed by atoms with Crippen LogP contribution in [0.5, 0.6) is 0 Å². The third-order valence-corrected chi connectivity index (χ3v) is 5.12. The molecule has 3 rings (SSSR count). The molecule has 0 bridgehead atoms. The Morgan fingerprint density at radius 3 is 2.86 bits per heavy atom. The largest absolute Gasteiger partial charge is 0.468 e. The lowest BCUT2D eigenvalue weighted by Gasteiger charge is -2.36. The van der Waals surface area contributed by atoms with E-state index in [9.17, 15) is 9.59 Å². The maximum atomic E-state index is 12.2. The summed E-state index contributed by atoms with van der Waals surface area (Å²) in [5.74, 6) is -0.253. The topological polar surface area (TPSA) is 46.6 Å². The third-order valence-electron chi connectivity index (χ3n) is 3.94.